The molecular formula is C13H20N2O2. The summed E-state index contributed by atoms with van der Waals surface area (Å²) in [7, 11) is 0. The molecule has 0 atom stereocenters. The summed E-state index contributed by atoms with van der Waals surface area (Å²) in [6, 6.07) is 7.42. The molecule has 0 saturated carbocycles. The summed E-state index contributed by atoms with van der Waals surface area (Å²) >= 11 is 0. The number of benzene rings is 1. The van der Waals surface area contributed by atoms with Crippen LogP contribution < -0.4 is 15.4 Å². The highest BCUT2D eigenvalue weighted by molar-refractivity contribution is 5.90. The number of hydrogen-bond donors (Lipinski definition) is 2. The predicted octanol–water partition coefficient (Wildman–Crippen LogP) is 2.02. The maximum Gasteiger partial charge on any atom is 0.225 e. The molecular weight excluding hydrogens is 216 g/mol. The highest BCUT2D eigenvalue weighted by Gasteiger charge is 2.02. The van der Waals surface area contributed by atoms with E-state index in [1.807, 2.05) is 38.1 Å². The zero-order chi connectivity index (χ0) is 12.5. The van der Waals surface area contributed by atoms with Crippen molar-refractivity contribution < 1.29 is 9.53 Å². The van der Waals surface area contributed by atoms with Crippen LogP contribution in [0.5, 0.6) is 5.75 Å². The van der Waals surface area contributed by atoms with Gasteiger partial charge in [-0.3, -0.25) is 4.79 Å². The summed E-state index contributed by atoms with van der Waals surface area (Å²) < 4.78 is 5.36. The number of rotatable bonds is 7. The molecule has 4 heteroatoms. The molecule has 1 rings (SSSR count). The Morgan fingerprint density at radius 1 is 1.35 bits per heavy atom. The van der Waals surface area contributed by atoms with Crippen molar-refractivity contribution in [3.63, 3.8) is 0 Å². The van der Waals surface area contributed by atoms with E-state index >= 15 is 0 Å². The first-order valence-electron chi connectivity index (χ1n) is 5.99. The van der Waals surface area contributed by atoms with Gasteiger partial charge in [0, 0.05) is 24.7 Å². The monoisotopic (exact) mass is 236 g/mol. The number of carbonyl (C=O) groups excluding carboxylic acids is 1. The molecule has 0 radical (unpaired) electrons. The number of carbonyl (C=O) groups is 1. The summed E-state index contributed by atoms with van der Waals surface area (Å²) in [5.41, 5.74) is 0.775. The number of amides is 1. The summed E-state index contributed by atoms with van der Waals surface area (Å²) in [5, 5.41) is 5.95. The molecule has 0 aromatic heterocycles. The molecule has 1 aromatic carbocycles. The van der Waals surface area contributed by atoms with Crippen molar-refractivity contribution in [3.8, 4) is 5.75 Å². The molecule has 0 aliphatic carbocycles. The van der Waals surface area contributed by atoms with Crippen LogP contribution >= 0.6 is 0 Å². The van der Waals surface area contributed by atoms with Gasteiger partial charge in [-0.2, -0.15) is 0 Å². The molecule has 17 heavy (non-hydrogen) atoms. The molecule has 0 aliphatic rings. The first-order valence-corrected chi connectivity index (χ1v) is 5.99. The standard InChI is InChI=1S/C13H20N2O2/c1-3-14-9-8-13(16)15-11-6-5-7-12(10-11)17-4-2/h5-7,10,14H,3-4,8-9H2,1-2H3,(H,15,16). The van der Waals surface area contributed by atoms with Crippen LogP contribution in [0.3, 0.4) is 0 Å². The largest absolute Gasteiger partial charge is 0.494 e. The van der Waals surface area contributed by atoms with Crippen molar-refractivity contribution in [2.45, 2.75) is 20.3 Å². The minimum Gasteiger partial charge on any atom is -0.494 e. The van der Waals surface area contributed by atoms with Crippen molar-refractivity contribution in [2.24, 2.45) is 0 Å². The molecule has 0 saturated heterocycles. The van der Waals surface area contributed by atoms with Gasteiger partial charge in [-0.05, 0) is 25.6 Å². The number of anilines is 1. The quantitative estimate of drug-likeness (QED) is 0.712. The average molecular weight is 236 g/mol. The van der Waals surface area contributed by atoms with Crippen LogP contribution in [-0.2, 0) is 4.79 Å². The van der Waals surface area contributed by atoms with E-state index in [1.165, 1.54) is 0 Å². The highest BCUT2D eigenvalue weighted by Crippen LogP contribution is 2.17. The smallest absolute Gasteiger partial charge is 0.225 e. The lowest BCUT2D eigenvalue weighted by Crippen LogP contribution is -2.21. The minimum absolute atomic E-state index is 0.0135. The zero-order valence-corrected chi connectivity index (χ0v) is 10.5. The van der Waals surface area contributed by atoms with Gasteiger partial charge >= 0.3 is 0 Å². The van der Waals surface area contributed by atoms with Crippen LogP contribution in [0.2, 0.25) is 0 Å². The van der Waals surface area contributed by atoms with Gasteiger partial charge in [-0.25, -0.2) is 0 Å². The third-order valence-corrected chi connectivity index (χ3v) is 2.21. The predicted molar refractivity (Wildman–Crippen MR) is 69.4 cm³/mol. The molecule has 1 aromatic rings. The van der Waals surface area contributed by atoms with E-state index < -0.39 is 0 Å². The number of ether oxygens (including phenoxy) is 1. The van der Waals surface area contributed by atoms with Gasteiger partial charge in [0.05, 0.1) is 6.61 Å². The molecule has 0 bridgehead atoms. The van der Waals surface area contributed by atoms with Gasteiger partial charge in [0.15, 0.2) is 0 Å². The van der Waals surface area contributed by atoms with Crippen molar-refractivity contribution in [1.29, 1.82) is 0 Å². The fourth-order valence-electron chi connectivity index (χ4n) is 1.43. The van der Waals surface area contributed by atoms with E-state index in [0.717, 1.165) is 18.0 Å². The van der Waals surface area contributed by atoms with Crippen molar-refractivity contribution in [2.75, 3.05) is 25.0 Å². The first kappa shape index (κ1) is 13.5. The number of hydrogen-bond acceptors (Lipinski definition) is 3. The molecule has 2 N–H and O–H groups in total. The highest BCUT2D eigenvalue weighted by atomic mass is 16.5. The van der Waals surface area contributed by atoms with Gasteiger partial charge in [-0.1, -0.05) is 13.0 Å². The second-order valence-corrected chi connectivity index (χ2v) is 3.61. The third-order valence-electron chi connectivity index (χ3n) is 2.21. The summed E-state index contributed by atoms with van der Waals surface area (Å²) in [6.45, 7) is 6.16. The van der Waals surface area contributed by atoms with Gasteiger partial charge < -0.3 is 15.4 Å². The molecule has 0 unspecified atom stereocenters. The Morgan fingerprint density at radius 3 is 2.88 bits per heavy atom. The lowest BCUT2D eigenvalue weighted by molar-refractivity contribution is -0.116. The molecule has 0 heterocycles. The van der Waals surface area contributed by atoms with E-state index in [0.29, 0.717) is 19.6 Å². The Bertz CT molecular complexity index is 353. The van der Waals surface area contributed by atoms with E-state index in [4.69, 9.17) is 4.74 Å². The summed E-state index contributed by atoms with van der Waals surface area (Å²) in [5.74, 6) is 0.789. The van der Waals surface area contributed by atoms with Gasteiger partial charge in [0.1, 0.15) is 5.75 Å². The van der Waals surface area contributed by atoms with Crippen LogP contribution in [-0.4, -0.2) is 25.6 Å². The van der Waals surface area contributed by atoms with Crippen molar-refractivity contribution >= 4 is 11.6 Å². The number of nitrogens with one attached hydrogen (secondary N) is 2. The molecule has 0 spiro atoms. The van der Waals surface area contributed by atoms with Gasteiger partial charge in [-0.15, -0.1) is 0 Å². The van der Waals surface area contributed by atoms with E-state index in [-0.39, 0.29) is 5.91 Å². The second kappa shape index (κ2) is 7.68. The van der Waals surface area contributed by atoms with E-state index in [1.54, 1.807) is 0 Å². The topological polar surface area (TPSA) is 50.4 Å². The maximum absolute atomic E-state index is 11.6. The summed E-state index contributed by atoms with van der Waals surface area (Å²) in [6.07, 6.45) is 0.479. The Labute approximate surface area is 102 Å². The fraction of sp³-hybridized carbons (Fsp3) is 0.462. The normalized spacial score (nSPS) is 10.0. The van der Waals surface area contributed by atoms with Crippen molar-refractivity contribution in [3.05, 3.63) is 24.3 Å². The van der Waals surface area contributed by atoms with Crippen LogP contribution in [0.15, 0.2) is 24.3 Å². The van der Waals surface area contributed by atoms with Crippen LogP contribution in [0, 0.1) is 0 Å². The zero-order valence-electron chi connectivity index (χ0n) is 10.5. The van der Waals surface area contributed by atoms with Crippen LogP contribution in [0.25, 0.3) is 0 Å². The Balaban J connectivity index is 2.44. The first-order chi connectivity index (χ1) is 8.26. The Hall–Kier alpha value is -1.55. The van der Waals surface area contributed by atoms with Gasteiger partial charge in [0.25, 0.3) is 0 Å². The van der Waals surface area contributed by atoms with Crippen LogP contribution in [0.4, 0.5) is 5.69 Å². The lowest BCUT2D eigenvalue weighted by Gasteiger charge is -2.08. The SMILES string of the molecule is CCNCCC(=O)Nc1cccc(OCC)c1. The van der Waals surface area contributed by atoms with Crippen molar-refractivity contribution in [1.82, 2.24) is 5.32 Å². The molecule has 0 aliphatic heterocycles. The second-order valence-electron chi connectivity index (χ2n) is 3.61. The molecule has 1 amide bonds. The average Bonchev–Trinajstić information content (AvgIpc) is 2.30. The van der Waals surface area contributed by atoms with Crippen LogP contribution in [0.1, 0.15) is 20.3 Å². The summed E-state index contributed by atoms with van der Waals surface area (Å²) in [4.78, 5) is 11.6. The molecule has 94 valence electrons. The Morgan fingerprint density at radius 2 is 2.18 bits per heavy atom. The fourth-order valence-corrected chi connectivity index (χ4v) is 1.43. The minimum atomic E-state index is 0.0135. The molecule has 0 fully saturated rings. The molecule has 4 nitrogen and oxygen atoms in total. The third kappa shape index (κ3) is 5.36. The van der Waals surface area contributed by atoms with E-state index in [2.05, 4.69) is 10.6 Å². The maximum atomic E-state index is 11.6. The van der Waals surface area contributed by atoms with Gasteiger partial charge in [0.2, 0.25) is 5.91 Å². The lowest BCUT2D eigenvalue weighted by atomic mass is 10.3. The Kier molecular flexibility index (Phi) is 6.10. The van der Waals surface area contributed by atoms with E-state index in [9.17, 15) is 4.79 Å².